The van der Waals surface area contributed by atoms with Crippen molar-refractivity contribution in [1.82, 2.24) is 5.43 Å². The Kier molecular flexibility index (Phi) is 7.04. The van der Waals surface area contributed by atoms with E-state index in [0.717, 1.165) is 17.3 Å². The molecule has 2 aromatic carbocycles. The van der Waals surface area contributed by atoms with Crippen LogP contribution >= 0.6 is 11.8 Å². The fourth-order valence-electron chi connectivity index (χ4n) is 1.92. The molecule has 4 N–H and O–H groups in total. The first kappa shape index (κ1) is 19.3. The summed E-state index contributed by atoms with van der Waals surface area (Å²) in [6.07, 6.45) is 1.27. The number of hydrazone groups is 1. The van der Waals surface area contributed by atoms with Gasteiger partial charge in [0, 0.05) is 17.3 Å². The van der Waals surface area contributed by atoms with Crippen LogP contribution in [0.1, 0.15) is 11.1 Å². The van der Waals surface area contributed by atoms with Gasteiger partial charge < -0.3 is 15.5 Å². The number of nitrogens with zero attached hydrogens (tertiary/aromatic N) is 1. The topological polar surface area (TPSA) is 111 Å². The van der Waals surface area contributed by atoms with Crippen molar-refractivity contribution in [3.63, 3.8) is 0 Å². The third-order valence-corrected chi connectivity index (χ3v) is 4.14. The van der Waals surface area contributed by atoms with Gasteiger partial charge in [-0.3, -0.25) is 9.59 Å². The first-order chi connectivity index (χ1) is 12.4. The van der Waals surface area contributed by atoms with Gasteiger partial charge >= 0.3 is 0 Å². The number of amides is 2. The van der Waals surface area contributed by atoms with E-state index < -0.39 is 0 Å². The van der Waals surface area contributed by atoms with Gasteiger partial charge in [-0.15, -0.1) is 11.8 Å². The maximum absolute atomic E-state index is 11.8. The molecular weight excluding hydrogens is 354 g/mol. The molecule has 0 aromatic heterocycles. The Hall–Kier alpha value is -3.00. The van der Waals surface area contributed by atoms with Crippen LogP contribution in [0.5, 0.6) is 11.5 Å². The lowest BCUT2D eigenvalue weighted by Gasteiger charge is -2.05. The number of carbonyl (C=O) groups excluding carboxylic acids is 2. The van der Waals surface area contributed by atoms with E-state index in [0.29, 0.717) is 11.3 Å². The van der Waals surface area contributed by atoms with Crippen molar-refractivity contribution < 1.29 is 19.8 Å². The second kappa shape index (κ2) is 9.47. The number of nitrogens with one attached hydrogen (secondary N) is 2. The summed E-state index contributed by atoms with van der Waals surface area (Å²) in [5.41, 5.74) is 4.48. The molecule has 0 saturated carbocycles. The molecular formula is C18H19N3O4S. The number of hydrogen-bond acceptors (Lipinski definition) is 6. The molecule has 0 unspecified atom stereocenters. The molecule has 0 fully saturated rings. The quantitative estimate of drug-likeness (QED) is 0.439. The monoisotopic (exact) mass is 373 g/mol. The predicted molar refractivity (Wildman–Crippen MR) is 103 cm³/mol. The predicted octanol–water partition coefficient (Wildman–Crippen LogP) is 2.23. The van der Waals surface area contributed by atoms with Crippen molar-refractivity contribution >= 4 is 35.5 Å². The number of thioether (sulfide) groups is 1. The van der Waals surface area contributed by atoms with Gasteiger partial charge in [0.05, 0.1) is 17.7 Å². The minimum Gasteiger partial charge on any atom is -0.508 e. The third kappa shape index (κ3) is 6.48. The SMILES string of the molecule is Cc1ccc(NC(=O)CSCC(=O)NN=Cc2ccc(O)cc2O)cc1. The van der Waals surface area contributed by atoms with E-state index in [1.807, 2.05) is 31.2 Å². The molecule has 0 aliphatic rings. The van der Waals surface area contributed by atoms with Gasteiger partial charge in [-0.25, -0.2) is 5.43 Å². The normalized spacial score (nSPS) is 10.7. The third-order valence-electron chi connectivity index (χ3n) is 3.21. The molecule has 0 bridgehead atoms. The van der Waals surface area contributed by atoms with Gasteiger partial charge in [0.15, 0.2) is 0 Å². The van der Waals surface area contributed by atoms with Crippen LogP contribution in [-0.4, -0.2) is 39.7 Å². The summed E-state index contributed by atoms with van der Waals surface area (Å²) in [5.74, 6) is -0.560. The first-order valence-corrected chi connectivity index (χ1v) is 8.87. The van der Waals surface area contributed by atoms with Crippen LogP contribution in [0.15, 0.2) is 47.6 Å². The molecule has 0 aliphatic heterocycles. The van der Waals surface area contributed by atoms with Crippen LogP contribution in [-0.2, 0) is 9.59 Å². The van der Waals surface area contributed by atoms with Gasteiger partial charge in [0.2, 0.25) is 11.8 Å². The van der Waals surface area contributed by atoms with Gasteiger partial charge in [0.1, 0.15) is 11.5 Å². The highest BCUT2D eigenvalue weighted by Crippen LogP contribution is 2.20. The van der Waals surface area contributed by atoms with Crippen molar-refractivity contribution in [3.8, 4) is 11.5 Å². The maximum atomic E-state index is 11.8. The molecule has 0 atom stereocenters. The van der Waals surface area contributed by atoms with Gasteiger partial charge in [-0.2, -0.15) is 5.10 Å². The number of aryl methyl sites for hydroxylation is 1. The number of phenolic OH excluding ortho intramolecular Hbond substituents is 2. The first-order valence-electron chi connectivity index (χ1n) is 7.72. The molecule has 2 aromatic rings. The van der Waals surface area contributed by atoms with Crippen LogP contribution < -0.4 is 10.7 Å². The average molecular weight is 373 g/mol. The lowest BCUT2D eigenvalue weighted by atomic mass is 10.2. The minimum absolute atomic E-state index is 0.0657. The Morgan fingerprint density at radius 1 is 1.08 bits per heavy atom. The molecule has 0 saturated heterocycles. The highest BCUT2D eigenvalue weighted by molar-refractivity contribution is 8.00. The minimum atomic E-state index is -0.368. The summed E-state index contributed by atoms with van der Waals surface area (Å²) in [4.78, 5) is 23.5. The smallest absolute Gasteiger partial charge is 0.250 e. The van der Waals surface area contributed by atoms with Crippen molar-refractivity contribution in [2.75, 3.05) is 16.8 Å². The molecule has 0 radical (unpaired) electrons. The number of carbonyl (C=O) groups is 2. The number of benzene rings is 2. The molecule has 8 heteroatoms. The highest BCUT2D eigenvalue weighted by Gasteiger charge is 2.06. The van der Waals surface area contributed by atoms with Crippen molar-refractivity contribution in [3.05, 3.63) is 53.6 Å². The Labute approximate surface area is 155 Å². The van der Waals surface area contributed by atoms with Gasteiger partial charge in [-0.1, -0.05) is 17.7 Å². The number of hydrogen-bond donors (Lipinski definition) is 4. The van der Waals surface area contributed by atoms with E-state index in [4.69, 9.17) is 0 Å². The molecule has 2 amide bonds. The number of anilines is 1. The zero-order chi connectivity index (χ0) is 18.9. The van der Waals surface area contributed by atoms with Crippen molar-refractivity contribution in [1.29, 1.82) is 0 Å². The zero-order valence-electron chi connectivity index (χ0n) is 14.1. The van der Waals surface area contributed by atoms with Crippen LogP contribution in [0, 0.1) is 6.92 Å². The largest absolute Gasteiger partial charge is 0.508 e. The van der Waals surface area contributed by atoms with E-state index in [2.05, 4.69) is 15.8 Å². The summed E-state index contributed by atoms with van der Waals surface area (Å²) in [5, 5.41) is 25.2. The second-order valence-corrected chi connectivity index (χ2v) is 6.43. The second-order valence-electron chi connectivity index (χ2n) is 5.44. The summed E-state index contributed by atoms with van der Waals surface area (Å²) in [6, 6.07) is 11.5. The summed E-state index contributed by atoms with van der Waals surface area (Å²) in [6.45, 7) is 1.96. The molecule has 136 valence electrons. The Balaban J connectivity index is 1.69. The standard InChI is InChI=1S/C18H19N3O4S/c1-12-2-5-14(6-3-12)20-17(24)10-26-11-18(25)21-19-9-13-4-7-15(22)8-16(13)23/h2-9,22-23H,10-11H2,1H3,(H,20,24)(H,21,25). The van der Waals surface area contributed by atoms with E-state index in [1.54, 1.807) is 0 Å². The maximum Gasteiger partial charge on any atom is 0.250 e. The van der Waals surface area contributed by atoms with E-state index in [9.17, 15) is 19.8 Å². The molecule has 7 nitrogen and oxygen atoms in total. The number of aromatic hydroxyl groups is 2. The van der Waals surface area contributed by atoms with Crippen LogP contribution in [0.25, 0.3) is 0 Å². The van der Waals surface area contributed by atoms with E-state index >= 15 is 0 Å². The molecule has 0 spiro atoms. The number of phenols is 2. The summed E-state index contributed by atoms with van der Waals surface area (Å²) < 4.78 is 0. The average Bonchev–Trinajstić information content (AvgIpc) is 2.59. The molecule has 2 rings (SSSR count). The van der Waals surface area contributed by atoms with Crippen molar-refractivity contribution in [2.24, 2.45) is 5.10 Å². The van der Waals surface area contributed by atoms with E-state index in [1.165, 1.54) is 24.4 Å². The lowest BCUT2D eigenvalue weighted by molar-refractivity contribution is -0.118. The molecule has 0 aliphatic carbocycles. The molecule has 26 heavy (non-hydrogen) atoms. The number of rotatable bonds is 7. The van der Waals surface area contributed by atoms with Crippen molar-refractivity contribution in [2.45, 2.75) is 6.92 Å². The zero-order valence-corrected chi connectivity index (χ0v) is 14.9. The van der Waals surface area contributed by atoms with Crippen LogP contribution in [0.2, 0.25) is 0 Å². The summed E-state index contributed by atoms with van der Waals surface area (Å²) in [7, 11) is 0. The fourth-order valence-corrected chi connectivity index (χ4v) is 2.53. The Morgan fingerprint density at radius 3 is 2.46 bits per heavy atom. The Morgan fingerprint density at radius 2 is 1.77 bits per heavy atom. The summed E-state index contributed by atoms with van der Waals surface area (Å²) >= 11 is 1.16. The van der Waals surface area contributed by atoms with Gasteiger partial charge in [-0.05, 0) is 31.2 Å². The fraction of sp³-hybridized carbons (Fsp3) is 0.167. The highest BCUT2D eigenvalue weighted by atomic mass is 32.2. The van der Waals surface area contributed by atoms with Gasteiger partial charge in [0.25, 0.3) is 0 Å². The van der Waals surface area contributed by atoms with Crippen LogP contribution in [0.4, 0.5) is 5.69 Å². The van der Waals surface area contributed by atoms with E-state index in [-0.39, 0.29) is 34.8 Å². The van der Waals surface area contributed by atoms with Crippen LogP contribution in [0.3, 0.4) is 0 Å². The molecule has 0 heterocycles. The lowest BCUT2D eigenvalue weighted by Crippen LogP contribution is -2.21. The Bertz CT molecular complexity index is 807.